The first-order chi connectivity index (χ1) is 9.05. The summed E-state index contributed by atoms with van der Waals surface area (Å²) in [5.41, 5.74) is 3.33. The Morgan fingerprint density at radius 3 is 2.53 bits per heavy atom. The number of aryl methyl sites for hydroxylation is 1. The van der Waals surface area contributed by atoms with Gasteiger partial charge in [-0.25, -0.2) is 4.57 Å². The van der Waals surface area contributed by atoms with Gasteiger partial charge in [0, 0.05) is 6.42 Å². The molecule has 0 fully saturated rings. The molecule has 1 aromatic rings. The molecule has 0 aromatic heterocycles. The molecule has 104 valence electrons. The number of benzene rings is 1. The summed E-state index contributed by atoms with van der Waals surface area (Å²) in [5, 5.41) is 0.703. The summed E-state index contributed by atoms with van der Waals surface area (Å²) in [6, 6.07) is 5.92. The van der Waals surface area contributed by atoms with E-state index in [1.807, 2.05) is 32.9 Å². The van der Waals surface area contributed by atoms with Gasteiger partial charge in [-0.2, -0.15) is 0 Å². The molecule has 0 N–H and O–H groups in total. The first-order valence-corrected chi connectivity index (χ1v) is 8.37. The molecule has 3 nitrogen and oxygen atoms in total. The summed E-state index contributed by atoms with van der Waals surface area (Å²) in [6.45, 7) is 8.37. The molecule has 2 rings (SSSR count). The van der Waals surface area contributed by atoms with Gasteiger partial charge in [-0.15, -0.1) is 0 Å². The van der Waals surface area contributed by atoms with Crippen LogP contribution in [0.1, 0.15) is 44.7 Å². The van der Waals surface area contributed by atoms with Crippen LogP contribution in [0.2, 0.25) is 0 Å². The zero-order valence-electron chi connectivity index (χ0n) is 12.0. The third-order valence-electron chi connectivity index (χ3n) is 3.31. The minimum absolute atomic E-state index is 0.378. The van der Waals surface area contributed by atoms with E-state index in [-0.39, 0.29) is 0 Å². The molecule has 0 radical (unpaired) electrons. The maximum absolute atomic E-state index is 12.9. The number of hydrogen-bond donors (Lipinski definition) is 0. The third-order valence-corrected chi connectivity index (χ3v) is 5.35. The number of allylic oxidation sites excluding steroid dienone is 2. The highest BCUT2D eigenvalue weighted by atomic mass is 31.2. The lowest BCUT2D eigenvalue weighted by Gasteiger charge is -2.29. The summed E-state index contributed by atoms with van der Waals surface area (Å²) in [4.78, 5) is 0. The predicted molar refractivity (Wildman–Crippen MR) is 78.6 cm³/mol. The Kier molecular flexibility index (Phi) is 4.17. The van der Waals surface area contributed by atoms with Gasteiger partial charge < -0.3 is 4.52 Å². The van der Waals surface area contributed by atoms with Crippen molar-refractivity contribution in [3.05, 3.63) is 35.1 Å². The minimum atomic E-state index is -3.20. The summed E-state index contributed by atoms with van der Waals surface area (Å²) in [5.74, 6) is 0.803. The van der Waals surface area contributed by atoms with Crippen LogP contribution >= 0.6 is 7.60 Å². The largest absolute Gasteiger partial charge is 0.425 e. The van der Waals surface area contributed by atoms with Crippen molar-refractivity contribution in [3.63, 3.8) is 0 Å². The normalized spacial score (nSPS) is 22.1. The van der Waals surface area contributed by atoms with Gasteiger partial charge in [0.1, 0.15) is 5.76 Å². The molecule has 0 aliphatic carbocycles. The van der Waals surface area contributed by atoms with Crippen LogP contribution in [0.4, 0.5) is 0 Å². The summed E-state index contributed by atoms with van der Waals surface area (Å²) in [6.07, 6.45) is 1.60. The summed E-state index contributed by atoms with van der Waals surface area (Å²) < 4.78 is 24.1. The van der Waals surface area contributed by atoms with E-state index >= 15 is 0 Å². The van der Waals surface area contributed by atoms with Gasteiger partial charge in [0.25, 0.3) is 0 Å². The second-order valence-electron chi connectivity index (χ2n) is 4.64. The van der Waals surface area contributed by atoms with E-state index in [9.17, 15) is 4.57 Å². The Morgan fingerprint density at radius 2 is 1.95 bits per heavy atom. The summed E-state index contributed by atoms with van der Waals surface area (Å²) >= 11 is 0. The average molecular weight is 280 g/mol. The van der Waals surface area contributed by atoms with Gasteiger partial charge in [0.15, 0.2) is 0 Å². The number of hydrogen-bond acceptors (Lipinski definition) is 3. The van der Waals surface area contributed by atoms with Crippen LogP contribution in [0.25, 0.3) is 5.57 Å². The lowest BCUT2D eigenvalue weighted by Crippen LogP contribution is -2.20. The van der Waals surface area contributed by atoms with Crippen molar-refractivity contribution in [2.24, 2.45) is 0 Å². The van der Waals surface area contributed by atoms with Crippen LogP contribution in [-0.2, 0) is 13.6 Å². The fourth-order valence-corrected chi connectivity index (χ4v) is 4.37. The maximum atomic E-state index is 12.9. The molecule has 1 aliphatic heterocycles. The van der Waals surface area contributed by atoms with E-state index in [1.54, 1.807) is 0 Å². The van der Waals surface area contributed by atoms with Crippen molar-refractivity contribution in [1.82, 2.24) is 0 Å². The highest BCUT2D eigenvalue weighted by Crippen LogP contribution is 2.55. The molecule has 0 saturated carbocycles. The molecule has 0 amide bonds. The molecule has 1 aromatic carbocycles. The molecule has 19 heavy (non-hydrogen) atoms. The van der Waals surface area contributed by atoms with Crippen molar-refractivity contribution in [2.75, 3.05) is 6.61 Å². The van der Waals surface area contributed by atoms with Gasteiger partial charge in [0.2, 0.25) is 0 Å². The minimum Gasteiger partial charge on any atom is -0.425 e. The monoisotopic (exact) mass is 280 g/mol. The van der Waals surface area contributed by atoms with Crippen molar-refractivity contribution in [2.45, 2.75) is 40.5 Å². The van der Waals surface area contributed by atoms with E-state index in [4.69, 9.17) is 9.05 Å². The topological polar surface area (TPSA) is 35.5 Å². The first-order valence-electron chi connectivity index (χ1n) is 6.83. The Hall–Kier alpha value is -1.05. The molecule has 1 atom stereocenters. The van der Waals surface area contributed by atoms with E-state index in [0.717, 1.165) is 35.3 Å². The number of fused-ring (bicyclic) bond motifs is 1. The maximum Gasteiger partial charge on any atom is 0.411 e. The van der Waals surface area contributed by atoms with Gasteiger partial charge >= 0.3 is 7.60 Å². The van der Waals surface area contributed by atoms with Crippen LogP contribution in [0.15, 0.2) is 24.0 Å². The molecule has 1 aliphatic rings. The van der Waals surface area contributed by atoms with Gasteiger partial charge in [-0.05, 0) is 37.5 Å². The van der Waals surface area contributed by atoms with Crippen LogP contribution < -0.4 is 5.30 Å². The predicted octanol–water partition coefficient (Wildman–Crippen LogP) is 4.41. The molecule has 0 spiro atoms. The van der Waals surface area contributed by atoms with E-state index in [0.29, 0.717) is 11.9 Å². The SMILES string of the molecule is CCOP1(=O)OC(CC)=C(CC)c2cc(C)ccc21. The Morgan fingerprint density at radius 1 is 1.21 bits per heavy atom. The third kappa shape index (κ3) is 2.50. The Labute approximate surface area is 115 Å². The highest BCUT2D eigenvalue weighted by Gasteiger charge is 2.37. The zero-order chi connectivity index (χ0) is 14.0. The molecule has 0 bridgehead atoms. The van der Waals surface area contributed by atoms with Crippen molar-refractivity contribution >= 4 is 18.5 Å². The smallest absolute Gasteiger partial charge is 0.411 e. The van der Waals surface area contributed by atoms with Crippen molar-refractivity contribution in [1.29, 1.82) is 0 Å². The lowest BCUT2D eigenvalue weighted by atomic mass is 9.99. The summed E-state index contributed by atoms with van der Waals surface area (Å²) in [7, 11) is -3.20. The van der Waals surface area contributed by atoms with Gasteiger partial charge in [-0.1, -0.05) is 31.5 Å². The molecule has 1 heterocycles. The van der Waals surface area contributed by atoms with Gasteiger partial charge in [-0.3, -0.25) is 4.52 Å². The molecule has 1 unspecified atom stereocenters. The van der Waals surface area contributed by atoms with Gasteiger partial charge in [0.05, 0.1) is 11.9 Å². The molecule has 0 saturated heterocycles. The molecular weight excluding hydrogens is 259 g/mol. The van der Waals surface area contributed by atoms with Crippen LogP contribution in [-0.4, -0.2) is 6.61 Å². The Bertz CT molecular complexity index is 561. The first kappa shape index (κ1) is 14.4. The fraction of sp³-hybridized carbons (Fsp3) is 0.467. The average Bonchev–Trinajstić information content (AvgIpc) is 2.38. The molecule has 4 heteroatoms. The van der Waals surface area contributed by atoms with E-state index in [2.05, 4.69) is 13.0 Å². The van der Waals surface area contributed by atoms with E-state index in [1.165, 1.54) is 0 Å². The second kappa shape index (κ2) is 5.52. The quantitative estimate of drug-likeness (QED) is 0.766. The fourth-order valence-electron chi connectivity index (χ4n) is 2.46. The van der Waals surface area contributed by atoms with E-state index < -0.39 is 7.60 Å². The van der Waals surface area contributed by atoms with Crippen LogP contribution in [0.5, 0.6) is 0 Å². The van der Waals surface area contributed by atoms with Crippen LogP contribution in [0.3, 0.4) is 0 Å². The highest BCUT2D eigenvalue weighted by molar-refractivity contribution is 7.62. The second-order valence-corrected chi connectivity index (χ2v) is 6.55. The van der Waals surface area contributed by atoms with Crippen molar-refractivity contribution in [3.8, 4) is 0 Å². The van der Waals surface area contributed by atoms with Crippen LogP contribution in [0, 0.1) is 6.92 Å². The lowest BCUT2D eigenvalue weighted by molar-refractivity contribution is 0.255. The zero-order valence-corrected chi connectivity index (χ0v) is 12.9. The van der Waals surface area contributed by atoms with Crippen molar-refractivity contribution < 1.29 is 13.6 Å². The Balaban J connectivity index is 2.67. The number of rotatable bonds is 4. The molecular formula is C15H21O3P. The standard InChI is InChI=1S/C15H21O3P/c1-5-12-13-10-11(4)8-9-15(13)19(16,17-7-3)18-14(12)6-2/h8-10H,5-7H2,1-4H3.